The van der Waals surface area contributed by atoms with E-state index in [-0.39, 0.29) is 0 Å². The van der Waals surface area contributed by atoms with Gasteiger partial charge in [0.1, 0.15) is 5.82 Å². The Morgan fingerprint density at radius 2 is 2.25 bits per heavy atom. The van der Waals surface area contributed by atoms with Gasteiger partial charge in [-0.1, -0.05) is 19.8 Å². The average Bonchev–Trinajstić information content (AvgIpc) is 3.13. The van der Waals surface area contributed by atoms with Gasteiger partial charge in [-0.25, -0.2) is 4.98 Å². The van der Waals surface area contributed by atoms with E-state index in [4.69, 9.17) is 4.74 Å². The summed E-state index contributed by atoms with van der Waals surface area (Å²) in [6.45, 7) is 3.81. The topological polar surface area (TPSA) is 51.5 Å². The molecular formula is C15H22N4O. The second kappa shape index (κ2) is 6.11. The largest absolute Gasteiger partial charge is 0.475 e. The molecule has 5 heteroatoms. The molecule has 2 aromatic rings. The Kier molecular flexibility index (Phi) is 4.04. The maximum absolute atomic E-state index is 5.95. The maximum atomic E-state index is 5.95. The van der Waals surface area contributed by atoms with Crippen LogP contribution in [0.25, 0.3) is 5.65 Å². The van der Waals surface area contributed by atoms with Gasteiger partial charge in [0.05, 0.1) is 12.8 Å². The fraction of sp³-hybridized carbons (Fsp3) is 0.600. The number of ether oxygens (including phenoxy) is 1. The van der Waals surface area contributed by atoms with Crippen LogP contribution in [0.4, 0.5) is 5.82 Å². The van der Waals surface area contributed by atoms with E-state index >= 15 is 0 Å². The first kappa shape index (κ1) is 13.2. The lowest BCUT2D eigenvalue weighted by atomic mass is 10.1. The van der Waals surface area contributed by atoms with E-state index in [1.165, 1.54) is 25.7 Å². The van der Waals surface area contributed by atoms with E-state index in [0.717, 1.165) is 31.0 Å². The molecule has 20 heavy (non-hydrogen) atoms. The number of imidazole rings is 1. The molecule has 2 heterocycles. The lowest BCUT2D eigenvalue weighted by Gasteiger charge is -2.13. The van der Waals surface area contributed by atoms with E-state index in [0.29, 0.717) is 11.8 Å². The minimum atomic E-state index is 0.642. The number of anilines is 1. The summed E-state index contributed by atoms with van der Waals surface area (Å²) < 4.78 is 7.91. The third kappa shape index (κ3) is 2.86. The second-order valence-corrected chi connectivity index (χ2v) is 5.48. The van der Waals surface area contributed by atoms with Crippen LogP contribution < -0.4 is 10.1 Å². The molecule has 0 saturated heterocycles. The Hall–Kier alpha value is -1.78. The van der Waals surface area contributed by atoms with Gasteiger partial charge >= 0.3 is 0 Å². The SMILES string of the molecule is CCCNc1cn2ccnc2c(OCC2CCCC2)n1. The first-order chi connectivity index (χ1) is 9.86. The molecule has 1 N–H and O–H groups in total. The predicted molar refractivity (Wildman–Crippen MR) is 79.2 cm³/mol. The van der Waals surface area contributed by atoms with Crippen LogP contribution >= 0.6 is 0 Å². The lowest BCUT2D eigenvalue weighted by Crippen LogP contribution is -2.11. The molecule has 0 atom stereocenters. The summed E-state index contributed by atoms with van der Waals surface area (Å²) in [6, 6.07) is 0. The highest BCUT2D eigenvalue weighted by molar-refractivity contribution is 5.53. The molecule has 1 saturated carbocycles. The minimum absolute atomic E-state index is 0.642. The van der Waals surface area contributed by atoms with Gasteiger partial charge in [-0.05, 0) is 25.2 Å². The molecule has 0 bridgehead atoms. The van der Waals surface area contributed by atoms with Gasteiger partial charge in [0.2, 0.25) is 5.65 Å². The van der Waals surface area contributed by atoms with Gasteiger partial charge in [-0.3, -0.25) is 4.40 Å². The standard InChI is InChI=1S/C15H22N4O/c1-2-7-16-13-10-19-9-8-17-14(19)15(18-13)20-11-12-5-3-4-6-12/h8-10,12,16H,2-7,11H2,1H3. The van der Waals surface area contributed by atoms with Crippen molar-refractivity contribution in [3.05, 3.63) is 18.6 Å². The average molecular weight is 274 g/mol. The lowest BCUT2D eigenvalue weighted by molar-refractivity contribution is 0.245. The van der Waals surface area contributed by atoms with Crippen molar-refractivity contribution in [2.24, 2.45) is 5.92 Å². The first-order valence-corrected chi connectivity index (χ1v) is 7.57. The summed E-state index contributed by atoms with van der Waals surface area (Å²) in [5.41, 5.74) is 0.796. The number of nitrogens with one attached hydrogen (secondary N) is 1. The van der Waals surface area contributed by atoms with Gasteiger partial charge in [0.25, 0.3) is 5.88 Å². The molecule has 0 aliphatic heterocycles. The Bertz CT molecular complexity index is 560. The molecule has 0 spiro atoms. The van der Waals surface area contributed by atoms with Crippen LogP contribution in [0.3, 0.4) is 0 Å². The highest BCUT2D eigenvalue weighted by Crippen LogP contribution is 2.26. The first-order valence-electron chi connectivity index (χ1n) is 7.57. The van der Waals surface area contributed by atoms with Gasteiger partial charge in [0, 0.05) is 18.9 Å². The number of fused-ring (bicyclic) bond motifs is 1. The van der Waals surface area contributed by atoms with Gasteiger partial charge in [-0.2, -0.15) is 4.98 Å². The summed E-state index contributed by atoms with van der Waals surface area (Å²) in [4.78, 5) is 8.89. The quantitative estimate of drug-likeness (QED) is 0.879. The third-order valence-corrected chi connectivity index (χ3v) is 3.83. The van der Waals surface area contributed by atoms with E-state index < -0.39 is 0 Å². The Morgan fingerprint density at radius 1 is 1.40 bits per heavy atom. The molecule has 0 radical (unpaired) electrons. The predicted octanol–water partition coefficient (Wildman–Crippen LogP) is 3.12. The molecule has 1 aliphatic rings. The summed E-state index contributed by atoms with van der Waals surface area (Å²) >= 11 is 0. The van der Waals surface area contributed by atoms with Crippen molar-refractivity contribution in [2.45, 2.75) is 39.0 Å². The zero-order chi connectivity index (χ0) is 13.8. The molecular weight excluding hydrogens is 252 g/mol. The molecule has 0 unspecified atom stereocenters. The normalized spacial score (nSPS) is 15.8. The van der Waals surface area contributed by atoms with Crippen molar-refractivity contribution in [3.63, 3.8) is 0 Å². The zero-order valence-electron chi connectivity index (χ0n) is 12.0. The molecule has 2 aromatic heterocycles. The Balaban J connectivity index is 1.77. The van der Waals surface area contributed by atoms with Gasteiger partial charge in [0.15, 0.2) is 0 Å². The summed E-state index contributed by atoms with van der Waals surface area (Å²) in [7, 11) is 0. The molecule has 0 amide bonds. The number of aromatic nitrogens is 3. The third-order valence-electron chi connectivity index (χ3n) is 3.83. The molecule has 0 aromatic carbocycles. The molecule has 1 aliphatic carbocycles. The second-order valence-electron chi connectivity index (χ2n) is 5.48. The van der Waals surface area contributed by atoms with Crippen LogP contribution in [-0.2, 0) is 0 Å². The number of hydrogen-bond acceptors (Lipinski definition) is 4. The van der Waals surface area contributed by atoms with Crippen LogP contribution in [0.15, 0.2) is 18.6 Å². The van der Waals surface area contributed by atoms with Crippen molar-refractivity contribution in [1.82, 2.24) is 14.4 Å². The van der Waals surface area contributed by atoms with Crippen LogP contribution in [0, 0.1) is 5.92 Å². The van der Waals surface area contributed by atoms with Crippen LogP contribution in [0.1, 0.15) is 39.0 Å². The Labute approximate surface area is 119 Å². The summed E-state index contributed by atoms with van der Waals surface area (Å²) in [6.07, 6.45) is 12.0. The molecule has 108 valence electrons. The zero-order valence-corrected chi connectivity index (χ0v) is 12.0. The van der Waals surface area contributed by atoms with Crippen molar-refractivity contribution in [1.29, 1.82) is 0 Å². The molecule has 3 rings (SSSR count). The van der Waals surface area contributed by atoms with Crippen molar-refractivity contribution in [3.8, 4) is 5.88 Å². The van der Waals surface area contributed by atoms with Gasteiger partial charge in [-0.15, -0.1) is 0 Å². The van der Waals surface area contributed by atoms with E-state index in [1.54, 1.807) is 6.20 Å². The summed E-state index contributed by atoms with van der Waals surface area (Å²) in [5.74, 6) is 2.17. The monoisotopic (exact) mass is 274 g/mol. The van der Waals surface area contributed by atoms with E-state index in [2.05, 4.69) is 22.2 Å². The van der Waals surface area contributed by atoms with Crippen LogP contribution in [0.2, 0.25) is 0 Å². The van der Waals surface area contributed by atoms with Crippen molar-refractivity contribution in [2.75, 3.05) is 18.5 Å². The van der Waals surface area contributed by atoms with Crippen molar-refractivity contribution < 1.29 is 4.74 Å². The number of rotatable bonds is 6. The van der Waals surface area contributed by atoms with E-state index in [1.807, 2.05) is 16.8 Å². The van der Waals surface area contributed by atoms with Crippen LogP contribution in [-0.4, -0.2) is 27.5 Å². The minimum Gasteiger partial charge on any atom is -0.475 e. The Morgan fingerprint density at radius 3 is 3.05 bits per heavy atom. The smallest absolute Gasteiger partial charge is 0.260 e. The number of nitrogens with zero attached hydrogens (tertiary/aromatic N) is 3. The van der Waals surface area contributed by atoms with Crippen molar-refractivity contribution >= 4 is 11.5 Å². The highest BCUT2D eigenvalue weighted by Gasteiger charge is 2.17. The van der Waals surface area contributed by atoms with Crippen LogP contribution in [0.5, 0.6) is 5.88 Å². The maximum Gasteiger partial charge on any atom is 0.260 e. The molecule has 1 fully saturated rings. The van der Waals surface area contributed by atoms with Gasteiger partial charge < -0.3 is 10.1 Å². The summed E-state index contributed by atoms with van der Waals surface area (Å²) in [5, 5.41) is 3.30. The molecule has 5 nitrogen and oxygen atoms in total. The number of hydrogen-bond donors (Lipinski definition) is 1. The highest BCUT2D eigenvalue weighted by atomic mass is 16.5. The van der Waals surface area contributed by atoms with E-state index in [9.17, 15) is 0 Å². The fourth-order valence-corrected chi connectivity index (χ4v) is 2.71. The fourth-order valence-electron chi connectivity index (χ4n) is 2.71.